The highest BCUT2D eigenvalue weighted by molar-refractivity contribution is 7.89. The lowest BCUT2D eigenvalue weighted by Crippen LogP contribution is -2.20. The summed E-state index contributed by atoms with van der Waals surface area (Å²) >= 11 is 0. The first kappa shape index (κ1) is 22.6. The third-order valence-electron chi connectivity index (χ3n) is 4.90. The zero-order valence-corrected chi connectivity index (χ0v) is 19.5. The second-order valence-corrected chi connectivity index (χ2v) is 8.98. The predicted molar refractivity (Wildman–Crippen MR) is 121 cm³/mol. The number of benzene rings is 1. The van der Waals surface area contributed by atoms with Gasteiger partial charge in [-0.1, -0.05) is 30.3 Å². The molecule has 0 unspecified atom stereocenters. The molecule has 1 aromatic carbocycles. The van der Waals surface area contributed by atoms with Crippen LogP contribution < -0.4 is 9.46 Å². The lowest BCUT2D eigenvalue weighted by Gasteiger charge is -2.12. The molecule has 0 aliphatic carbocycles. The van der Waals surface area contributed by atoms with Crippen LogP contribution in [-0.4, -0.2) is 50.0 Å². The minimum absolute atomic E-state index is 0.0214. The molecular formula is C21H24N8O3S. The van der Waals surface area contributed by atoms with Gasteiger partial charge < -0.3 is 4.74 Å². The highest BCUT2D eigenvalue weighted by atomic mass is 32.2. The molecule has 172 valence electrons. The van der Waals surface area contributed by atoms with E-state index in [0.29, 0.717) is 29.8 Å². The van der Waals surface area contributed by atoms with Crippen LogP contribution in [0.2, 0.25) is 0 Å². The molecule has 4 aromatic rings. The maximum atomic E-state index is 12.7. The van der Waals surface area contributed by atoms with E-state index in [4.69, 9.17) is 4.74 Å². The molecule has 0 aliphatic heterocycles. The van der Waals surface area contributed by atoms with Gasteiger partial charge in [0.05, 0.1) is 0 Å². The summed E-state index contributed by atoms with van der Waals surface area (Å²) in [6.45, 7) is 6.06. The average molecular weight is 469 g/mol. The molecular weight excluding hydrogens is 444 g/mol. The second-order valence-electron chi connectivity index (χ2n) is 7.12. The molecule has 3 aromatic heterocycles. The van der Waals surface area contributed by atoms with E-state index in [1.807, 2.05) is 44.2 Å². The first-order valence-electron chi connectivity index (χ1n) is 10.3. The lowest BCUT2D eigenvalue weighted by molar-refractivity contribution is 0.209. The van der Waals surface area contributed by atoms with Crippen molar-refractivity contribution in [1.82, 2.24) is 39.2 Å². The summed E-state index contributed by atoms with van der Waals surface area (Å²) < 4.78 is 36.8. The highest BCUT2D eigenvalue weighted by Crippen LogP contribution is 2.29. The van der Waals surface area contributed by atoms with Gasteiger partial charge in [0.25, 0.3) is 0 Å². The largest absolute Gasteiger partial charge is 0.454 e. The Bertz CT molecular complexity index is 1380. The Hall–Kier alpha value is -3.64. The molecule has 0 saturated heterocycles. The van der Waals surface area contributed by atoms with Crippen LogP contribution >= 0.6 is 0 Å². The zero-order chi connectivity index (χ0) is 23.6. The van der Waals surface area contributed by atoms with E-state index < -0.39 is 10.0 Å². The van der Waals surface area contributed by atoms with Crippen molar-refractivity contribution < 1.29 is 13.2 Å². The molecule has 0 atom stereocenters. The molecule has 0 aliphatic rings. The van der Waals surface area contributed by atoms with Gasteiger partial charge in [0.2, 0.25) is 15.9 Å². The fourth-order valence-electron chi connectivity index (χ4n) is 3.25. The summed E-state index contributed by atoms with van der Waals surface area (Å²) in [5.41, 5.74) is 0.957. The van der Waals surface area contributed by atoms with Crippen molar-refractivity contribution in [2.24, 2.45) is 0 Å². The van der Waals surface area contributed by atoms with Gasteiger partial charge in [-0.25, -0.2) is 37.5 Å². The third-order valence-corrected chi connectivity index (χ3v) is 6.35. The molecule has 0 saturated carbocycles. The number of aromatic nitrogens is 7. The fraction of sp³-hybridized carbons (Fsp3) is 0.286. The van der Waals surface area contributed by atoms with Crippen LogP contribution in [0.4, 0.5) is 0 Å². The molecule has 0 radical (unpaired) electrons. The van der Waals surface area contributed by atoms with Crippen molar-refractivity contribution in [1.29, 1.82) is 0 Å². The van der Waals surface area contributed by atoms with Crippen LogP contribution in [0.5, 0.6) is 5.88 Å². The average Bonchev–Trinajstić information content (AvgIpc) is 3.40. The highest BCUT2D eigenvalue weighted by Gasteiger charge is 2.25. The van der Waals surface area contributed by atoms with Crippen LogP contribution in [0.15, 0.2) is 47.4 Å². The number of nitrogens with one attached hydrogen (secondary N) is 1. The summed E-state index contributed by atoms with van der Waals surface area (Å²) in [5.74, 6) is 2.34. The first-order chi connectivity index (χ1) is 15.8. The minimum atomic E-state index is -3.82. The van der Waals surface area contributed by atoms with Crippen LogP contribution in [0.25, 0.3) is 22.9 Å². The monoisotopic (exact) mass is 468 g/mol. The molecule has 0 bridgehead atoms. The SMILES string of the molecule is CCn1nc(-c2ccccc2)nc1-c1nc(OCn2nc(C)nc2C)ccc1S(=O)(=O)NC. The molecule has 33 heavy (non-hydrogen) atoms. The van der Waals surface area contributed by atoms with E-state index in [1.54, 1.807) is 16.3 Å². The third kappa shape index (κ3) is 4.61. The molecule has 0 spiro atoms. The molecule has 3 heterocycles. The van der Waals surface area contributed by atoms with Crippen LogP contribution in [0, 0.1) is 13.8 Å². The molecule has 1 N–H and O–H groups in total. The topological polar surface area (TPSA) is 130 Å². The van der Waals surface area contributed by atoms with E-state index in [-0.39, 0.29) is 23.2 Å². The summed E-state index contributed by atoms with van der Waals surface area (Å²) in [6.07, 6.45) is 0. The maximum Gasteiger partial charge on any atom is 0.242 e. The number of pyridine rings is 1. The lowest BCUT2D eigenvalue weighted by atomic mass is 10.2. The van der Waals surface area contributed by atoms with Gasteiger partial charge in [0, 0.05) is 18.2 Å². The quantitative estimate of drug-likeness (QED) is 0.416. The number of nitrogens with zero attached hydrogens (tertiary/aromatic N) is 7. The number of rotatable bonds is 8. The standard InChI is InChI=1S/C21H24N8O3S/c1-5-28-21(25-20(27-28)16-9-7-6-8-10-16)19-17(33(30,31)22-4)11-12-18(24-19)32-13-29-15(3)23-14(2)26-29/h6-12,22H,5,13H2,1-4H3. The van der Waals surface area contributed by atoms with Gasteiger partial charge in [0.1, 0.15) is 22.2 Å². The van der Waals surface area contributed by atoms with Crippen LogP contribution in [0.3, 0.4) is 0 Å². The Morgan fingerprint density at radius 1 is 0.970 bits per heavy atom. The van der Waals surface area contributed by atoms with E-state index >= 15 is 0 Å². The maximum absolute atomic E-state index is 12.7. The Balaban J connectivity index is 1.79. The number of hydrogen-bond donors (Lipinski definition) is 1. The van der Waals surface area contributed by atoms with Crippen molar-refractivity contribution in [3.63, 3.8) is 0 Å². The molecule has 11 nitrogen and oxygen atoms in total. The van der Waals surface area contributed by atoms with Gasteiger partial charge in [0.15, 0.2) is 18.4 Å². The van der Waals surface area contributed by atoms with Crippen molar-refractivity contribution in [2.45, 2.75) is 38.9 Å². The summed E-state index contributed by atoms with van der Waals surface area (Å²) in [7, 11) is -2.47. The van der Waals surface area contributed by atoms with Gasteiger partial charge in [-0.05, 0) is 33.9 Å². The normalized spacial score (nSPS) is 11.6. The van der Waals surface area contributed by atoms with E-state index in [9.17, 15) is 8.42 Å². The summed E-state index contributed by atoms with van der Waals surface area (Å²) in [6, 6.07) is 12.4. The first-order valence-corrected chi connectivity index (χ1v) is 11.8. The molecule has 0 amide bonds. The van der Waals surface area contributed by atoms with Crippen LogP contribution in [0.1, 0.15) is 18.6 Å². The van der Waals surface area contributed by atoms with Gasteiger partial charge in [-0.2, -0.15) is 10.2 Å². The fourth-order valence-corrected chi connectivity index (χ4v) is 4.11. The Kier molecular flexibility index (Phi) is 6.20. The van der Waals surface area contributed by atoms with E-state index in [1.165, 1.54) is 19.2 Å². The minimum Gasteiger partial charge on any atom is -0.454 e. The molecule has 0 fully saturated rings. The number of hydrogen-bond acceptors (Lipinski definition) is 8. The van der Waals surface area contributed by atoms with Crippen molar-refractivity contribution in [3.8, 4) is 28.8 Å². The number of aryl methyl sites for hydroxylation is 3. The Morgan fingerprint density at radius 2 is 1.73 bits per heavy atom. The number of sulfonamides is 1. The molecule has 4 rings (SSSR count). The summed E-state index contributed by atoms with van der Waals surface area (Å²) in [5, 5.41) is 8.81. The van der Waals surface area contributed by atoms with Crippen LogP contribution in [-0.2, 0) is 23.3 Å². The van der Waals surface area contributed by atoms with Crippen molar-refractivity contribution >= 4 is 10.0 Å². The van der Waals surface area contributed by atoms with E-state index in [2.05, 4.69) is 29.9 Å². The van der Waals surface area contributed by atoms with Crippen molar-refractivity contribution in [3.05, 3.63) is 54.1 Å². The van der Waals surface area contributed by atoms with E-state index in [0.717, 1.165) is 5.56 Å². The van der Waals surface area contributed by atoms with Gasteiger partial charge >= 0.3 is 0 Å². The second kappa shape index (κ2) is 9.08. The van der Waals surface area contributed by atoms with Gasteiger partial charge in [-0.15, -0.1) is 0 Å². The van der Waals surface area contributed by atoms with Crippen molar-refractivity contribution in [2.75, 3.05) is 7.05 Å². The summed E-state index contributed by atoms with van der Waals surface area (Å²) in [4.78, 5) is 13.3. The smallest absolute Gasteiger partial charge is 0.242 e. The zero-order valence-electron chi connectivity index (χ0n) is 18.7. The number of ether oxygens (including phenoxy) is 1. The molecule has 12 heteroatoms. The Labute approximate surface area is 191 Å². The Morgan fingerprint density at radius 3 is 2.36 bits per heavy atom. The predicted octanol–water partition coefficient (Wildman–Crippen LogP) is 2.18. The van der Waals surface area contributed by atoms with Gasteiger partial charge in [-0.3, -0.25) is 0 Å².